The zero-order chi connectivity index (χ0) is 22.0. The van der Waals surface area contributed by atoms with Gasteiger partial charge in [-0.2, -0.15) is 0 Å². The highest BCUT2D eigenvalue weighted by Gasteiger charge is 2.41. The number of allylic oxidation sites excluding steroid dienone is 3. The lowest BCUT2D eigenvalue weighted by molar-refractivity contribution is -0.139. The van der Waals surface area contributed by atoms with E-state index >= 15 is 0 Å². The van der Waals surface area contributed by atoms with E-state index in [-0.39, 0.29) is 17.7 Å². The second-order valence-electron chi connectivity index (χ2n) is 8.47. The maximum absolute atomic E-state index is 13.5. The Morgan fingerprint density at radius 1 is 1.00 bits per heavy atom. The Morgan fingerprint density at radius 3 is 2.39 bits per heavy atom. The van der Waals surface area contributed by atoms with Crippen molar-refractivity contribution in [2.24, 2.45) is 0 Å². The van der Waals surface area contributed by atoms with Gasteiger partial charge in [0.15, 0.2) is 5.78 Å². The van der Waals surface area contributed by atoms with Crippen molar-refractivity contribution in [3.05, 3.63) is 93.8 Å². The summed E-state index contributed by atoms with van der Waals surface area (Å²) < 4.78 is 5.51. The highest BCUT2D eigenvalue weighted by molar-refractivity contribution is 6.04. The molecule has 0 fully saturated rings. The van der Waals surface area contributed by atoms with Gasteiger partial charge in [-0.15, -0.1) is 0 Å². The predicted octanol–water partition coefficient (Wildman–Crippen LogP) is 5.31. The lowest BCUT2D eigenvalue weighted by Gasteiger charge is -2.36. The van der Waals surface area contributed by atoms with Crippen molar-refractivity contribution in [3.63, 3.8) is 0 Å². The van der Waals surface area contributed by atoms with E-state index in [4.69, 9.17) is 4.74 Å². The van der Waals surface area contributed by atoms with Crippen LogP contribution in [-0.2, 0) is 14.3 Å². The molecule has 1 N–H and O–H groups in total. The average Bonchev–Trinajstić information content (AvgIpc) is 2.77. The largest absolute Gasteiger partial charge is 0.462 e. The zero-order valence-corrected chi connectivity index (χ0v) is 18.4. The molecular formula is C27H29NO3. The summed E-state index contributed by atoms with van der Waals surface area (Å²) in [5.74, 6) is -0.506. The third kappa shape index (κ3) is 4.20. The highest BCUT2D eigenvalue weighted by atomic mass is 16.5. The highest BCUT2D eigenvalue weighted by Crippen LogP contribution is 2.45. The summed E-state index contributed by atoms with van der Waals surface area (Å²) >= 11 is 0. The van der Waals surface area contributed by atoms with Crippen LogP contribution < -0.4 is 5.32 Å². The first kappa shape index (κ1) is 21.1. The summed E-state index contributed by atoms with van der Waals surface area (Å²) in [6.07, 6.45) is 1.96. The number of dihydropyridines is 1. The molecular weight excluding hydrogens is 386 g/mol. The maximum Gasteiger partial charge on any atom is 0.336 e. The van der Waals surface area contributed by atoms with Gasteiger partial charge in [-0.1, -0.05) is 67.1 Å². The summed E-state index contributed by atoms with van der Waals surface area (Å²) in [6.45, 7) is 6.28. The van der Waals surface area contributed by atoms with Crippen molar-refractivity contribution < 1.29 is 14.3 Å². The van der Waals surface area contributed by atoms with Crippen LogP contribution in [0.5, 0.6) is 0 Å². The van der Waals surface area contributed by atoms with Gasteiger partial charge in [0.2, 0.25) is 0 Å². The summed E-state index contributed by atoms with van der Waals surface area (Å²) in [5.41, 5.74) is 6.22. The van der Waals surface area contributed by atoms with Crippen molar-refractivity contribution >= 4 is 11.8 Å². The van der Waals surface area contributed by atoms with Gasteiger partial charge >= 0.3 is 5.97 Å². The molecule has 4 nitrogen and oxygen atoms in total. The molecule has 0 saturated heterocycles. The van der Waals surface area contributed by atoms with Crippen LogP contribution in [-0.4, -0.2) is 18.4 Å². The molecule has 4 heteroatoms. The number of hydrogen-bond acceptors (Lipinski definition) is 4. The van der Waals surface area contributed by atoms with E-state index in [0.717, 1.165) is 35.4 Å². The monoisotopic (exact) mass is 415 g/mol. The smallest absolute Gasteiger partial charge is 0.336 e. The topological polar surface area (TPSA) is 55.4 Å². The Morgan fingerprint density at radius 2 is 1.71 bits per heavy atom. The summed E-state index contributed by atoms with van der Waals surface area (Å²) in [4.78, 5) is 26.5. The van der Waals surface area contributed by atoms with Gasteiger partial charge in [0.05, 0.1) is 12.2 Å². The fourth-order valence-corrected chi connectivity index (χ4v) is 4.64. The molecule has 0 unspecified atom stereocenters. The van der Waals surface area contributed by atoms with Gasteiger partial charge in [0.1, 0.15) is 0 Å². The predicted molar refractivity (Wildman–Crippen MR) is 121 cm³/mol. The number of rotatable bonds is 5. The van der Waals surface area contributed by atoms with Crippen LogP contribution in [0, 0.1) is 6.92 Å². The number of aryl methyl sites for hydroxylation is 1. The normalized spacial score (nSPS) is 20.9. The quantitative estimate of drug-likeness (QED) is 0.673. The Balaban J connectivity index is 1.77. The molecule has 2 aliphatic rings. The third-order valence-electron chi connectivity index (χ3n) is 6.17. The molecule has 31 heavy (non-hydrogen) atoms. The average molecular weight is 416 g/mol. The fourth-order valence-electron chi connectivity index (χ4n) is 4.64. The van der Waals surface area contributed by atoms with Gasteiger partial charge < -0.3 is 10.1 Å². The van der Waals surface area contributed by atoms with Gasteiger partial charge in [-0.05, 0) is 43.7 Å². The SMILES string of the molecule is CCCOC(=O)C1=C(C)NC2=C(C(=O)C[C@H](c3ccccc3)C2)[C@@H]1c1ccc(C)cc1. The van der Waals surface area contributed by atoms with Gasteiger partial charge in [-0.25, -0.2) is 4.79 Å². The van der Waals surface area contributed by atoms with Crippen LogP contribution in [0.2, 0.25) is 0 Å². The zero-order valence-electron chi connectivity index (χ0n) is 18.4. The number of hydrogen-bond donors (Lipinski definition) is 1. The Bertz CT molecular complexity index is 1050. The van der Waals surface area contributed by atoms with E-state index in [9.17, 15) is 9.59 Å². The molecule has 160 valence electrons. The van der Waals surface area contributed by atoms with E-state index in [2.05, 4.69) is 17.4 Å². The molecule has 4 rings (SSSR count). The van der Waals surface area contributed by atoms with Crippen LogP contribution in [0.15, 0.2) is 77.1 Å². The van der Waals surface area contributed by atoms with Crippen LogP contribution in [0.4, 0.5) is 0 Å². The summed E-state index contributed by atoms with van der Waals surface area (Å²) in [7, 11) is 0. The van der Waals surface area contributed by atoms with Crippen LogP contribution >= 0.6 is 0 Å². The van der Waals surface area contributed by atoms with Gasteiger partial charge in [-0.3, -0.25) is 4.79 Å². The fraction of sp³-hybridized carbons (Fsp3) is 0.333. The molecule has 0 aromatic heterocycles. The van der Waals surface area contributed by atoms with Crippen molar-refractivity contribution in [1.82, 2.24) is 5.32 Å². The molecule has 0 spiro atoms. The number of Topliss-reactive ketones (excluding diaryl/α,β-unsaturated/α-hetero) is 1. The first-order valence-electron chi connectivity index (χ1n) is 11.0. The molecule has 1 heterocycles. The lowest BCUT2D eigenvalue weighted by Crippen LogP contribution is -2.36. The minimum atomic E-state index is -0.398. The third-order valence-corrected chi connectivity index (χ3v) is 6.17. The van der Waals surface area contributed by atoms with Crippen molar-refractivity contribution in [2.45, 2.75) is 51.9 Å². The molecule has 1 aliphatic carbocycles. The molecule has 2 aromatic rings. The molecule has 0 amide bonds. The van der Waals surface area contributed by atoms with Gasteiger partial charge in [0, 0.05) is 29.3 Å². The maximum atomic E-state index is 13.5. The molecule has 2 atom stereocenters. The van der Waals surface area contributed by atoms with E-state index in [1.54, 1.807) is 0 Å². The second-order valence-corrected chi connectivity index (χ2v) is 8.47. The summed E-state index contributed by atoms with van der Waals surface area (Å²) in [6, 6.07) is 18.3. The van der Waals surface area contributed by atoms with Crippen molar-refractivity contribution in [2.75, 3.05) is 6.61 Å². The van der Waals surface area contributed by atoms with E-state index < -0.39 is 5.92 Å². The Labute approximate surface area is 184 Å². The number of esters is 1. The molecule has 0 bridgehead atoms. The first-order chi connectivity index (χ1) is 15.0. The van der Waals surface area contributed by atoms with Crippen molar-refractivity contribution in [1.29, 1.82) is 0 Å². The lowest BCUT2D eigenvalue weighted by atomic mass is 9.71. The number of carbonyl (C=O) groups excluding carboxylic acids is 2. The number of ether oxygens (including phenoxy) is 1. The van der Waals surface area contributed by atoms with E-state index in [1.807, 2.05) is 63.2 Å². The Hall–Kier alpha value is -3.14. The molecule has 1 aliphatic heterocycles. The van der Waals surface area contributed by atoms with E-state index in [0.29, 0.717) is 24.2 Å². The van der Waals surface area contributed by atoms with Crippen LogP contribution in [0.25, 0.3) is 0 Å². The van der Waals surface area contributed by atoms with Crippen LogP contribution in [0.1, 0.15) is 61.6 Å². The standard InChI is InChI=1S/C27H29NO3/c1-4-14-31-27(30)24-18(3)28-22-15-21(19-8-6-5-7-9-19)16-23(29)26(22)25(24)20-12-10-17(2)11-13-20/h5-13,21,25,28H,4,14-16H2,1-3H3/t21-,25-/m1/s1. The summed E-state index contributed by atoms with van der Waals surface area (Å²) in [5, 5.41) is 3.40. The van der Waals surface area contributed by atoms with Crippen LogP contribution in [0.3, 0.4) is 0 Å². The Kier molecular flexibility index (Phi) is 6.08. The van der Waals surface area contributed by atoms with E-state index in [1.165, 1.54) is 5.56 Å². The number of nitrogens with one attached hydrogen (secondary N) is 1. The molecule has 2 aromatic carbocycles. The first-order valence-corrected chi connectivity index (χ1v) is 11.0. The molecule has 0 radical (unpaired) electrons. The minimum absolute atomic E-state index is 0.0986. The number of benzene rings is 2. The number of carbonyl (C=O) groups is 2. The van der Waals surface area contributed by atoms with Gasteiger partial charge in [0.25, 0.3) is 0 Å². The minimum Gasteiger partial charge on any atom is -0.462 e. The number of ketones is 1. The second kappa shape index (κ2) is 8.93. The molecule has 0 saturated carbocycles. The van der Waals surface area contributed by atoms with Crippen molar-refractivity contribution in [3.8, 4) is 0 Å².